The van der Waals surface area contributed by atoms with Crippen LogP contribution in [0.15, 0.2) is 0 Å². The van der Waals surface area contributed by atoms with Gasteiger partial charge in [-0.25, -0.2) is 0 Å². The fourth-order valence-corrected chi connectivity index (χ4v) is 0. The molecule has 0 bridgehead atoms. The monoisotopic (exact) mass is 396 g/mol. The maximum atomic E-state index is 8.92. The van der Waals surface area contributed by atoms with Gasteiger partial charge in [0, 0.05) is 0 Å². The summed E-state index contributed by atoms with van der Waals surface area (Å²) >= 11 is 6.54. The van der Waals surface area contributed by atoms with Crippen molar-refractivity contribution in [3.8, 4) is 0 Å². The molecule has 0 heterocycles. The van der Waals surface area contributed by atoms with E-state index in [9.17, 15) is 0 Å². The van der Waals surface area contributed by atoms with Crippen LogP contribution >= 0.6 is 13.4 Å². The Morgan fingerprint density at radius 3 is 0.538 bits per heavy atom. The van der Waals surface area contributed by atoms with Gasteiger partial charge in [-0.1, -0.05) is 0 Å². The van der Waals surface area contributed by atoms with Crippen molar-refractivity contribution in [3.63, 3.8) is 0 Å². The Hall–Kier alpha value is 2.54. The summed E-state index contributed by atoms with van der Waals surface area (Å²) in [6.07, 6.45) is 0. The zero-order valence-corrected chi connectivity index (χ0v) is 11.5. The van der Waals surface area contributed by atoms with Crippen LogP contribution in [0.1, 0.15) is 0 Å². The molecule has 0 atom stereocenters. The summed E-state index contributed by atoms with van der Waals surface area (Å²) in [6.45, 7) is -9.11. The molecule has 0 fully saturated rings. The molecule has 0 spiro atoms. The van der Waals surface area contributed by atoms with Gasteiger partial charge in [0.05, 0.1) is 0 Å². The van der Waals surface area contributed by atoms with Gasteiger partial charge >= 0.3 is 49.5 Å². The second kappa shape index (κ2) is 12.6. The normalized spacial score (nSPS) is 9.08. The number of hydrogen-bond acceptors (Lipinski definition) is 8. The Morgan fingerprint density at radius 2 is 0.538 bits per heavy atom. The van der Waals surface area contributed by atoms with E-state index in [1.165, 1.54) is 0 Å². The fourth-order valence-electron chi connectivity index (χ4n) is 0. The van der Waals surface area contributed by atoms with E-state index in [2.05, 4.69) is 23.6 Å². The third kappa shape index (κ3) is 354. The van der Waals surface area contributed by atoms with Crippen LogP contribution in [0, 0.1) is 0 Å². The van der Waals surface area contributed by atoms with E-state index in [1.807, 2.05) is 0 Å². The first-order valence-corrected chi connectivity index (χ1v) is 6.57. The van der Waals surface area contributed by atoms with Crippen LogP contribution in [0.5, 0.6) is 0 Å². The van der Waals surface area contributed by atoms with Crippen LogP contribution < -0.4 is 29.4 Å². The molecule has 88 valence electrons. The molecule has 13 heavy (non-hydrogen) atoms. The van der Waals surface area contributed by atoms with Crippen LogP contribution in [-0.2, 0) is 73.1 Å². The Kier molecular flexibility index (Phi) is 28.7. The molecule has 0 unspecified atom stereocenters. The minimum absolute atomic E-state index is 0. The molecule has 0 aromatic heterocycles. The zero-order chi connectivity index (χ0) is 9.00. The van der Waals surface area contributed by atoms with Crippen LogP contribution in [-0.4, -0.2) is 0 Å². The minimum atomic E-state index is -4.56. The van der Waals surface area contributed by atoms with Crippen molar-refractivity contribution < 1.29 is 78.8 Å². The first kappa shape index (κ1) is 29.6. The van der Waals surface area contributed by atoms with Crippen LogP contribution in [0.3, 0.4) is 0 Å². The summed E-state index contributed by atoms with van der Waals surface area (Å²) < 4.78 is 0. The van der Waals surface area contributed by atoms with Crippen LogP contribution in [0.2, 0.25) is 0 Å². The molecule has 0 aromatic carbocycles. The van der Waals surface area contributed by atoms with Crippen molar-refractivity contribution in [1.29, 1.82) is 0 Å². The van der Waals surface area contributed by atoms with Crippen molar-refractivity contribution in [3.05, 3.63) is 0 Å². The molecular weight excluding hydrogens is 398 g/mol. The van der Waals surface area contributed by atoms with Crippen molar-refractivity contribution in [2.75, 3.05) is 0 Å². The summed E-state index contributed by atoms with van der Waals surface area (Å²) in [5.74, 6) is 0. The first-order chi connectivity index (χ1) is 4.00. The quantitative estimate of drug-likeness (QED) is 0.291. The summed E-state index contributed by atoms with van der Waals surface area (Å²) in [5, 5.41) is 0. The minimum Gasteiger partial charge on any atom is -0.844 e. The molecular formula is Ni3O6P2S2. The average Bonchev–Trinajstić information content (AvgIpc) is 1.12. The van der Waals surface area contributed by atoms with E-state index in [0.29, 0.717) is 0 Å². The fraction of sp³-hybridized carbons (Fsp3) is 0. The van der Waals surface area contributed by atoms with Crippen molar-refractivity contribution in [2.24, 2.45) is 0 Å². The summed E-state index contributed by atoms with van der Waals surface area (Å²) in [6, 6.07) is 0. The standard InChI is InChI=1S/3Ni.2H3O3PS/c;;;2*1-4(2,3)5/h;;;2*(H3,1,2,3,5)/q3*+2;;/p-6. The Balaban J connectivity index is -0.0000000267. The summed E-state index contributed by atoms with van der Waals surface area (Å²) in [4.78, 5) is 53.5. The third-order valence-corrected chi connectivity index (χ3v) is 0. The molecule has 0 aliphatic heterocycles. The van der Waals surface area contributed by atoms with E-state index in [0.717, 1.165) is 0 Å². The van der Waals surface area contributed by atoms with Crippen molar-refractivity contribution >= 4 is 37.1 Å². The second-order valence-corrected chi connectivity index (χ2v) is 5.37. The molecule has 13 heteroatoms. The Bertz CT molecular complexity index is 136. The maximum absolute atomic E-state index is 8.92. The van der Waals surface area contributed by atoms with Crippen LogP contribution in [0.4, 0.5) is 0 Å². The molecule has 0 radical (unpaired) electrons. The van der Waals surface area contributed by atoms with Gasteiger partial charge in [-0.05, 0) is 0 Å². The summed E-state index contributed by atoms with van der Waals surface area (Å²) in [7, 11) is 0. The Morgan fingerprint density at radius 1 is 0.538 bits per heavy atom. The van der Waals surface area contributed by atoms with Gasteiger partial charge in [-0.2, -0.15) is 23.6 Å². The van der Waals surface area contributed by atoms with E-state index in [1.54, 1.807) is 0 Å². The van der Waals surface area contributed by atoms with Gasteiger partial charge in [0.2, 0.25) is 0 Å². The van der Waals surface area contributed by atoms with Gasteiger partial charge in [0.1, 0.15) is 0 Å². The first-order valence-electron chi connectivity index (χ1n) is 1.46. The van der Waals surface area contributed by atoms with E-state index >= 15 is 0 Å². The molecule has 6 nitrogen and oxygen atoms in total. The smallest absolute Gasteiger partial charge is 0.844 e. The number of rotatable bonds is 0. The molecule has 0 N–H and O–H groups in total. The van der Waals surface area contributed by atoms with Crippen molar-refractivity contribution in [2.45, 2.75) is 0 Å². The molecule has 0 amide bonds. The predicted molar refractivity (Wildman–Crippen MR) is 28.6 cm³/mol. The Labute approximate surface area is 115 Å². The second-order valence-electron chi connectivity index (χ2n) is 0.894. The largest absolute Gasteiger partial charge is 2.00 e. The van der Waals surface area contributed by atoms with Gasteiger partial charge in [0.15, 0.2) is 0 Å². The predicted octanol–water partition coefficient (Wildman–Crippen LogP) is -5.42. The third-order valence-electron chi connectivity index (χ3n) is 0. The SMILES string of the molecule is [Ni+2].[Ni+2].[Ni+2].[O-]P([O-])([O-])=S.[O-]P([O-])([O-])=S. The molecule has 0 aliphatic carbocycles. The van der Waals surface area contributed by atoms with E-state index in [4.69, 9.17) is 29.4 Å². The van der Waals surface area contributed by atoms with E-state index < -0.39 is 13.4 Å². The molecule has 0 aromatic rings. The zero-order valence-electron chi connectivity index (χ0n) is 5.11. The van der Waals surface area contributed by atoms with Gasteiger partial charge in [-0.15, -0.1) is 0 Å². The molecule has 0 saturated carbocycles. The van der Waals surface area contributed by atoms with Gasteiger partial charge in [0.25, 0.3) is 0 Å². The number of hydrogen-bond donors (Lipinski definition) is 0. The molecule has 0 rings (SSSR count). The topological polar surface area (TPSA) is 138 Å². The average molecular weight is 398 g/mol. The van der Waals surface area contributed by atoms with Gasteiger partial charge < -0.3 is 42.8 Å². The van der Waals surface area contributed by atoms with Gasteiger partial charge in [-0.3, -0.25) is 0 Å². The van der Waals surface area contributed by atoms with Crippen LogP contribution in [0.25, 0.3) is 0 Å². The molecule has 0 aliphatic rings. The van der Waals surface area contributed by atoms with E-state index in [-0.39, 0.29) is 49.5 Å². The van der Waals surface area contributed by atoms with Crippen molar-refractivity contribution in [1.82, 2.24) is 0 Å². The molecule has 0 saturated heterocycles. The summed E-state index contributed by atoms with van der Waals surface area (Å²) in [5.41, 5.74) is 0. The maximum Gasteiger partial charge on any atom is 2.00 e.